The van der Waals surface area contributed by atoms with Crippen LogP contribution < -0.4 is 15.7 Å². The Hall–Kier alpha value is -2.19. The Morgan fingerprint density at radius 3 is 2.70 bits per heavy atom. The first-order valence-electron chi connectivity index (χ1n) is 8.09. The van der Waals surface area contributed by atoms with Crippen LogP contribution in [0.3, 0.4) is 0 Å². The summed E-state index contributed by atoms with van der Waals surface area (Å²) in [6.45, 7) is 1.69. The molecule has 9 heteroatoms. The predicted octanol–water partition coefficient (Wildman–Crippen LogP) is 2.63. The number of amides is 1. The van der Waals surface area contributed by atoms with E-state index in [0.29, 0.717) is 39.5 Å². The molecular formula is C18H20ClNO6S. The lowest BCUT2D eigenvalue weighted by Crippen LogP contribution is -2.42. The van der Waals surface area contributed by atoms with Crippen LogP contribution in [-0.4, -0.2) is 42.1 Å². The fraction of sp³-hybridized carbons (Fsp3) is 0.389. The Bertz CT molecular complexity index is 926. The first-order chi connectivity index (χ1) is 12.8. The molecule has 1 atom stereocenters. The number of hydrogen-bond donors (Lipinski definition) is 2. The number of benzene rings is 1. The molecule has 27 heavy (non-hydrogen) atoms. The van der Waals surface area contributed by atoms with Gasteiger partial charge in [-0.25, -0.2) is 9.59 Å². The van der Waals surface area contributed by atoms with Gasteiger partial charge in [-0.15, -0.1) is 0 Å². The Morgan fingerprint density at radius 2 is 2.11 bits per heavy atom. The number of nitrogens with one attached hydrogen (secondary N) is 1. The van der Waals surface area contributed by atoms with E-state index in [9.17, 15) is 19.5 Å². The number of hydrogen-bond acceptors (Lipinski definition) is 6. The summed E-state index contributed by atoms with van der Waals surface area (Å²) in [6, 6.07) is 2.11. The SMILES string of the molecule is COc1cc2oc(=O)c(CC(=O)N[C@@H](CCSC)C(=O)O)c(C)c2cc1Cl. The maximum absolute atomic E-state index is 12.3. The van der Waals surface area contributed by atoms with Crippen molar-refractivity contribution in [3.8, 4) is 5.75 Å². The second-order valence-electron chi connectivity index (χ2n) is 5.89. The fourth-order valence-corrected chi connectivity index (χ4v) is 3.36. The first kappa shape index (κ1) is 21.1. The zero-order valence-corrected chi connectivity index (χ0v) is 16.7. The minimum Gasteiger partial charge on any atom is -0.495 e. The monoisotopic (exact) mass is 413 g/mol. The molecule has 0 fully saturated rings. The molecule has 0 aliphatic heterocycles. The van der Waals surface area contributed by atoms with Crippen molar-refractivity contribution in [2.24, 2.45) is 0 Å². The molecule has 0 radical (unpaired) electrons. The van der Waals surface area contributed by atoms with Crippen LogP contribution in [-0.2, 0) is 16.0 Å². The molecule has 0 aliphatic rings. The van der Waals surface area contributed by atoms with Gasteiger partial charge in [-0.05, 0) is 37.0 Å². The van der Waals surface area contributed by atoms with E-state index >= 15 is 0 Å². The molecule has 2 rings (SSSR count). The second kappa shape index (κ2) is 9.14. The minimum absolute atomic E-state index is 0.162. The maximum atomic E-state index is 12.3. The zero-order valence-electron chi connectivity index (χ0n) is 15.1. The van der Waals surface area contributed by atoms with Gasteiger partial charge in [0.1, 0.15) is 17.4 Å². The van der Waals surface area contributed by atoms with Gasteiger partial charge in [0.05, 0.1) is 24.1 Å². The summed E-state index contributed by atoms with van der Waals surface area (Å²) in [5, 5.41) is 12.6. The number of methoxy groups -OCH3 is 1. The molecule has 2 N–H and O–H groups in total. The molecule has 1 amide bonds. The van der Waals surface area contributed by atoms with E-state index in [1.54, 1.807) is 13.0 Å². The van der Waals surface area contributed by atoms with Crippen LogP contribution in [0.25, 0.3) is 11.0 Å². The topological polar surface area (TPSA) is 106 Å². The van der Waals surface area contributed by atoms with Crippen molar-refractivity contribution in [2.75, 3.05) is 19.1 Å². The quantitative estimate of drug-likeness (QED) is 0.640. The van der Waals surface area contributed by atoms with Crippen molar-refractivity contribution in [3.63, 3.8) is 0 Å². The largest absolute Gasteiger partial charge is 0.495 e. The predicted molar refractivity (Wildman–Crippen MR) is 105 cm³/mol. The molecule has 7 nitrogen and oxygen atoms in total. The Kier molecular flexibility index (Phi) is 7.15. The van der Waals surface area contributed by atoms with Gasteiger partial charge < -0.3 is 19.6 Å². The highest BCUT2D eigenvalue weighted by Gasteiger charge is 2.22. The molecule has 0 spiro atoms. The van der Waals surface area contributed by atoms with E-state index in [2.05, 4.69) is 5.32 Å². The summed E-state index contributed by atoms with van der Waals surface area (Å²) in [5.41, 5.74) is 0.356. The van der Waals surface area contributed by atoms with Gasteiger partial charge >= 0.3 is 11.6 Å². The fourth-order valence-electron chi connectivity index (χ4n) is 2.65. The van der Waals surface area contributed by atoms with E-state index in [1.807, 2.05) is 6.26 Å². The molecule has 146 valence electrons. The van der Waals surface area contributed by atoms with Gasteiger partial charge in [0.25, 0.3) is 0 Å². The molecule has 0 aliphatic carbocycles. The molecule has 0 bridgehead atoms. The number of carbonyl (C=O) groups is 2. The molecule has 1 aromatic carbocycles. The van der Waals surface area contributed by atoms with Crippen LogP contribution in [0.1, 0.15) is 17.5 Å². The number of carboxylic acid groups (broad SMARTS) is 1. The van der Waals surface area contributed by atoms with Gasteiger partial charge in [-0.3, -0.25) is 4.79 Å². The van der Waals surface area contributed by atoms with Gasteiger partial charge in [0.2, 0.25) is 5.91 Å². The van der Waals surface area contributed by atoms with Crippen molar-refractivity contribution < 1.29 is 23.8 Å². The van der Waals surface area contributed by atoms with Crippen molar-refractivity contribution in [2.45, 2.75) is 25.8 Å². The normalized spacial score (nSPS) is 12.0. The van der Waals surface area contributed by atoms with Gasteiger partial charge in [-0.1, -0.05) is 11.6 Å². The van der Waals surface area contributed by atoms with Gasteiger partial charge in [-0.2, -0.15) is 11.8 Å². The molecule has 1 heterocycles. The Balaban J connectivity index is 2.31. The highest BCUT2D eigenvalue weighted by Crippen LogP contribution is 2.31. The molecule has 0 saturated heterocycles. The third-order valence-corrected chi connectivity index (χ3v) is 5.08. The number of ether oxygens (including phenoxy) is 1. The van der Waals surface area contributed by atoms with Gasteiger partial charge in [0.15, 0.2) is 0 Å². The summed E-state index contributed by atoms with van der Waals surface area (Å²) in [5.74, 6) is -0.707. The zero-order chi connectivity index (χ0) is 20.1. The Labute approximate surface area is 165 Å². The third kappa shape index (κ3) is 4.95. The van der Waals surface area contributed by atoms with Crippen LogP contribution >= 0.6 is 23.4 Å². The first-order valence-corrected chi connectivity index (χ1v) is 9.86. The highest BCUT2D eigenvalue weighted by atomic mass is 35.5. The van der Waals surface area contributed by atoms with E-state index in [0.717, 1.165) is 0 Å². The van der Waals surface area contributed by atoms with E-state index in [-0.39, 0.29) is 12.0 Å². The van der Waals surface area contributed by atoms with Crippen molar-refractivity contribution in [1.82, 2.24) is 5.32 Å². The molecular weight excluding hydrogens is 394 g/mol. The minimum atomic E-state index is -1.11. The van der Waals surface area contributed by atoms with E-state index < -0.39 is 23.5 Å². The standard InChI is InChI=1S/C18H20ClNO6S/c1-9-10-6-12(19)15(25-2)8-14(10)26-18(24)11(9)7-16(21)20-13(17(22)23)4-5-27-3/h6,8,13H,4-5,7H2,1-3H3,(H,20,21)(H,22,23)/t13-/m0/s1. The average molecular weight is 414 g/mol. The van der Waals surface area contributed by atoms with Crippen molar-refractivity contribution >= 4 is 46.2 Å². The smallest absolute Gasteiger partial charge is 0.340 e. The van der Waals surface area contributed by atoms with E-state index in [1.165, 1.54) is 24.9 Å². The molecule has 1 aromatic heterocycles. The summed E-state index contributed by atoms with van der Waals surface area (Å²) in [6.07, 6.45) is 1.87. The number of carbonyl (C=O) groups excluding carboxylic acids is 1. The van der Waals surface area contributed by atoms with Crippen LogP contribution in [0.2, 0.25) is 5.02 Å². The molecule has 2 aromatic rings. The van der Waals surface area contributed by atoms with Crippen LogP contribution in [0, 0.1) is 6.92 Å². The summed E-state index contributed by atoms with van der Waals surface area (Å²) < 4.78 is 10.4. The number of thioether (sulfide) groups is 1. The summed E-state index contributed by atoms with van der Waals surface area (Å²) in [7, 11) is 1.45. The van der Waals surface area contributed by atoms with Crippen LogP contribution in [0.15, 0.2) is 21.3 Å². The Morgan fingerprint density at radius 1 is 1.41 bits per heavy atom. The number of halogens is 1. The highest BCUT2D eigenvalue weighted by molar-refractivity contribution is 7.98. The number of fused-ring (bicyclic) bond motifs is 1. The molecule has 0 unspecified atom stereocenters. The number of carboxylic acids is 1. The van der Waals surface area contributed by atoms with Crippen molar-refractivity contribution in [1.29, 1.82) is 0 Å². The number of aryl methyl sites for hydroxylation is 1. The lowest BCUT2D eigenvalue weighted by atomic mass is 10.0. The van der Waals surface area contributed by atoms with Crippen molar-refractivity contribution in [3.05, 3.63) is 38.7 Å². The maximum Gasteiger partial charge on any atom is 0.340 e. The van der Waals surface area contributed by atoms with Crippen LogP contribution in [0.4, 0.5) is 0 Å². The summed E-state index contributed by atoms with van der Waals surface area (Å²) >= 11 is 7.62. The molecule has 0 saturated carbocycles. The number of aliphatic carboxylic acids is 1. The summed E-state index contributed by atoms with van der Waals surface area (Å²) in [4.78, 5) is 35.9. The third-order valence-electron chi connectivity index (χ3n) is 4.14. The average Bonchev–Trinajstić information content (AvgIpc) is 2.62. The number of rotatable bonds is 8. The van der Waals surface area contributed by atoms with Crippen LogP contribution in [0.5, 0.6) is 5.75 Å². The lowest BCUT2D eigenvalue weighted by molar-refractivity contribution is -0.141. The lowest BCUT2D eigenvalue weighted by Gasteiger charge is -2.14. The van der Waals surface area contributed by atoms with E-state index in [4.69, 9.17) is 20.8 Å². The van der Waals surface area contributed by atoms with Gasteiger partial charge in [0, 0.05) is 11.5 Å². The second-order valence-corrected chi connectivity index (χ2v) is 7.29.